The third-order valence-corrected chi connectivity index (χ3v) is 5.08. The highest BCUT2D eigenvalue weighted by molar-refractivity contribution is 5.85. The normalized spacial score (nSPS) is 22.6. The number of carbonyl (C=O) groups is 1. The van der Waals surface area contributed by atoms with Crippen molar-refractivity contribution in [2.24, 2.45) is 16.1 Å². The summed E-state index contributed by atoms with van der Waals surface area (Å²) in [4.78, 5) is 14.1. The predicted molar refractivity (Wildman–Crippen MR) is 105 cm³/mol. The van der Waals surface area contributed by atoms with Gasteiger partial charge in [-0.05, 0) is 44.2 Å². The molecule has 1 unspecified atom stereocenters. The van der Waals surface area contributed by atoms with Gasteiger partial charge in [0.15, 0.2) is 0 Å². The molecule has 2 aliphatic rings. The lowest BCUT2D eigenvalue weighted by atomic mass is 10.0. The Labute approximate surface area is 166 Å². The van der Waals surface area contributed by atoms with Gasteiger partial charge in [-0.25, -0.2) is 0 Å². The summed E-state index contributed by atoms with van der Waals surface area (Å²) in [6.45, 7) is 5.61. The minimum Gasteiger partial charge on any atom is -0.325 e. The second-order valence-corrected chi connectivity index (χ2v) is 7.31. The van der Waals surface area contributed by atoms with Crippen molar-refractivity contribution in [2.75, 3.05) is 13.1 Å². The molecule has 2 N–H and O–H groups in total. The molecule has 1 aromatic rings. The number of halogens is 1. The van der Waals surface area contributed by atoms with Crippen molar-refractivity contribution in [1.82, 2.24) is 9.91 Å². The Morgan fingerprint density at radius 1 is 1.37 bits per heavy atom. The molecule has 0 aromatic heterocycles. The fraction of sp³-hybridized carbons (Fsp3) is 0.579. The average molecular weight is 391 g/mol. The molecule has 0 spiro atoms. The lowest BCUT2D eigenvalue weighted by molar-refractivity contribution is -0.132. The first kappa shape index (κ1) is 21.1. The van der Waals surface area contributed by atoms with Crippen LogP contribution in [-0.4, -0.2) is 47.0 Å². The standard InChI is InChI=1S/C19H26N6O.ClH/c1-13(2)25-12-18(22-23-25)15-7-5-14(6-8-15)10-17(21)19(26)24-9-3-4-16(24)11-20;/h5-8,13,16-18H,3-4,9-10,12,21H2,1-2H3;1H/t16-,17-,18?;/m0./s1. The van der Waals surface area contributed by atoms with Gasteiger partial charge >= 0.3 is 0 Å². The van der Waals surface area contributed by atoms with E-state index in [1.165, 1.54) is 0 Å². The smallest absolute Gasteiger partial charge is 0.240 e. The van der Waals surface area contributed by atoms with Crippen LogP contribution in [0.1, 0.15) is 43.9 Å². The Bertz CT molecular complexity index is 714. The molecule has 0 bridgehead atoms. The zero-order chi connectivity index (χ0) is 18.7. The van der Waals surface area contributed by atoms with Crippen LogP contribution in [0.15, 0.2) is 34.6 Å². The van der Waals surface area contributed by atoms with E-state index < -0.39 is 6.04 Å². The summed E-state index contributed by atoms with van der Waals surface area (Å²) in [6, 6.07) is 9.73. The van der Waals surface area contributed by atoms with Crippen LogP contribution in [0.5, 0.6) is 0 Å². The molecule has 27 heavy (non-hydrogen) atoms. The number of nitriles is 1. The first-order chi connectivity index (χ1) is 12.5. The van der Waals surface area contributed by atoms with Crippen LogP contribution in [0.4, 0.5) is 0 Å². The van der Waals surface area contributed by atoms with Gasteiger partial charge in [-0.2, -0.15) is 10.4 Å². The fourth-order valence-corrected chi connectivity index (χ4v) is 3.46. The number of nitrogens with zero attached hydrogens (tertiary/aromatic N) is 5. The minimum atomic E-state index is -0.614. The Balaban J connectivity index is 0.00000261. The van der Waals surface area contributed by atoms with Crippen LogP contribution >= 0.6 is 12.4 Å². The minimum absolute atomic E-state index is 0. The van der Waals surface area contributed by atoms with E-state index in [0.717, 1.165) is 30.5 Å². The van der Waals surface area contributed by atoms with Gasteiger partial charge in [-0.15, -0.1) is 12.4 Å². The molecule has 1 aromatic carbocycles. The van der Waals surface area contributed by atoms with Crippen LogP contribution in [0, 0.1) is 11.3 Å². The monoisotopic (exact) mass is 390 g/mol. The van der Waals surface area contributed by atoms with Crippen molar-refractivity contribution in [3.05, 3.63) is 35.4 Å². The number of hydrogen-bond donors (Lipinski definition) is 1. The largest absolute Gasteiger partial charge is 0.325 e. The molecule has 0 radical (unpaired) electrons. The number of amides is 1. The molecule has 146 valence electrons. The summed E-state index contributed by atoms with van der Waals surface area (Å²) in [6.07, 6.45) is 2.08. The van der Waals surface area contributed by atoms with E-state index >= 15 is 0 Å². The molecule has 2 heterocycles. The van der Waals surface area contributed by atoms with Crippen LogP contribution < -0.4 is 5.73 Å². The van der Waals surface area contributed by atoms with E-state index in [4.69, 9.17) is 11.0 Å². The average Bonchev–Trinajstić information content (AvgIpc) is 3.31. The molecular weight excluding hydrogens is 364 g/mol. The lowest BCUT2D eigenvalue weighted by Gasteiger charge is -2.23. The Morgan fingerprint density at radius 3 is 2.67 bits per heavy atom. The maximum absolute atomic E-state index is 12.5. The van der Waals surface area contributed by atoms with Gasteiger partial charge in [0, 0.05) is 12.6 Å². The molecule has 1 amide bonds. The van der Waals surface area contributed by atoms with E-state index in [1.807, 2.05) is 29.3 Å². The molecule has 7 nitrogen and oxygen atoms in total. The Kier molecular flexibility index (Phi) is 7.17. The highest BCUT2D eigenvalue weighted by Crippen LogP contribution is 2.26. The summed E-state index contributed by atoms with van der Waals surface area (Å²) in [5.41, 5.74) is 8.24. The van der Waals surface area contributed by atoms with E-state index in [9.17, 15) is 4.79 Å². The summed E-state index contributed by atoms with van der Waals surface area (Å²) in [5.74, 6) is -0.129. The second kappa shape index (κ2) is 9.16. The molecule has 3 rings (SSSR count). The molecule has 0 aliphatic carbocycles. The van der Waals surface area contributed by atoms with Crippen LogP contribution in [0.2, 0.25) is 0 Å². The zero-order valence-corrected chi connectivity index (χ0v) is 16.6. The van der Waals surface area contributed by atoms with Gasteiger partial charge in [0.1, 0.15) is 12.1 Å². The maximum atomic E-state index is 12.5. The van der Waals surface area contributed by atoms with Crippen molar-refractivity contribution in [2.45, 2.75) is 57.3 Å². The number of rotatable bonds is 5. The highest BCUT2D eigenvalue weighted by atomic mass is 35.5. The first-order valence-electron chi connectivity index (χ1n) is 9.21. The highest BCUT2D eigenvalue weighted by Gasteiger charge is 2.31. The molecule has 3 atom stereocenters. The third kappa shape index (κ3) is 4.76. The number of benzene rings is 1. The predicted octanol–water partition coefficient (Wildman–Crippen LogP) is 2.63. The molecule has 1 fully saturated rings. The van der Waals surface area contributed by atoms with Gasteiger partial charge in [-0.3, -0.25) is 9.80 Å². The molecule has 8 heteroatoms. The van der Waals surface area contributed by atoms with Gasteiger partial charge < -0.3 is 10.6 Å². The molecule has 1 saturated heterocycles. The summed E-state index contributed by atoms with van der Waals surface area (Å²) in [5, 5.41) is 19.7. The summed E-state index contributed by atoms with van der Waals surface area (Å²) >= 11 is 0. The van der Waals surface area contributed by atoms with Crippen molar-refractivity contribution in [3.63, 3.8) is 0 Å². The van der Waals surface area contributed by atoms with Gasteiger partial charge in [0.05, 0.1) is 18.7 Å². The van der Waals surface area contributed by atoms with Crippen LogP contribution in [0.25, 0.3) is 0 Å². The SMILES string of the molecule is CC(C)N1CC(c2ccc(C[C@H](N)C(=O)N3CCC[C@H]3C#N)cc2)N=N1.Cl. The topological polar surface area (TPSA) is 98.1 Å². The van der Waals surface area contributed by atoms with Crippen molar-refractivity contribution in [3.8, 4) is 6.07 Å². The van der Waals surface area contributed by atoms with Crippen molar-refractivity contribution in [1.29, 1.82) is 5.26 Å². The van der Waals surface area contributed by atoms with E-state index in [0.29, 0.717) is 19.0 Å². The molecule has 0 saturated carbocycles. The Hall–Kier alpha value is -2.17. The first-order valence-corrected chi connectivity index (χ1v) is 9.21. The second-order valence-electron chi connectivity index (χ2n) is 7.31. The van der Waals surface area contributed by atoms with Gasteiger partial charge in [-0.1, -0.05) is 29.5 Å². The third-order valence-electron chi connectivity index (χ3n) is 5.08. The van der Waals surface area contributed by atoms with Crippen LogP contribution in [0.3, 0.4) is 0 Å². The fourth-order valence-electron chi connectivity index (χ4n) is 3.46. The number of hydrogen-bond acceptors (Lipinski definition) is 6. The summed E-state index contributed by atoms with van der Waals surface area (Å²) < 4.78 is 0. The van der Waals surface area contributed by atoms with Gasteiger partial charge in [0.25, 0.3) is 0 Å². The number of nitrogens with two attached hydrogens (primary N) is 1. The van der Waals surface area contributed by atoms with E-state index in [1.54, 1.807) is 4.90 Å². The maximum Gasteiger partial charge on any atom is 0.240 e. The van der Waals surface area contributed by atoms with Crippen molar-refractivity contribution >= 4 is 18.3 Å². The van der Waals surface area contributed by atoms with Crippen LogP contribution in [-0.2, 0) is 11.2 Å². The number of likely N-dealkylation sites (tertiary alicyclic amines) is 1. The lowest BCUT2D eigenvalue weighted by Crippen LogP contribution is -2.46. The van der Waals surface area contributed by atoms with Crippen molar-refractivity contribution < 1.29 is 4.79 Å². The molecular formula is C19H27ClN6O. The molecule has 2 aliphatic heterocycles. The zero-order valence-electron chi connectivity index (χ0n) is 15.8. The number of carbonyl (C=O) groups excluding carboxylic acids is 1. The van der Waals surface area contributed by atoms with E-state index in [2.05, 4.69) is 30.3 Å². The van der Waals surface area contributed by atoms with E-state index in [-0.39, 0.29) is 30.4 Å². The Morgan fingerprint density at radius 2 is 2.07 bits per heavy atom. The quantitative estimate of drug-likeness (QED) is 0.835. The van der Waals surface area contributed by atoms with Gasteiger partial charge in [0.2, 0.25) is 5.91 Å². The summed E-state index contributed by atoms with van der Waals surface area (Å²) in [7, 11) is 0.